The van der Waals surface area contributed by atoms with Gasteiger partial charge in [0.2, 0.25) is 0 Å². The standard InChI is InChI=1S/C11H14N6O/c12-11(13)15-9-1-3-10(4-2-9)18-8-7-17-6-5-14-16-17/h1-6H,7-8H2,(H4,12,13,15). The number of guanidine groups is 1. The molecule has 4 N–H and O–H groups in total. The molecule has 1 aromatic heterocycles. The van der Waals surface area contributed by atoms with Crippen molar-refractivity contribution in [1.82, 2.24) is 15.0 Å². The van der Waals surface area contributed by atoms with Gasteiger partial charge in [-0.25, -0.2) is 9.67 Å². The molecule has 0 aliphatic rings. The molecule has 0 bridgehead atoms. The summed E-state index contributed by atoms with van der Waals surface area (Å²) in [6, 6.07) is 7.18. The topological polar surface area (TPSA) is 104 Å². The van der Waals surface area contributed by atoms with Crippen LogP contribution >= 0.6 is 0 Å². The van der Waals surface area contributed by atoms with Crippen molar-refractivity contribution in [2.24, 2.45) is 16.5 Å². The van der Waals surface area contributed by atoms with Gasteiger partial charge in [-0.1, -0.05) is 5.21 Å². The lowest BCUT2D eigenvalue weighted by Gasteiger charge is -2.06. The highest BCUT2D eigenvalue weighted by molar-refractivity contribution is 5.78. The van der Waals surface area contributed by atoms with Gasteiger partial charge in [0.15, 0.2) is 5.96 Å². The minimum atomic E-state index is 0.0369. The Morgan fingerprint density at radius 3 is 2.67 bits per heavy atom. The Kier molecular flexibility index (Phi) is 3.75. The van der Waals surface area contributed by atoms with E-state index in [1.807, 2.05) is 12.1 Å². The second kappa shape index (κ2) is 5.67. The van der Waals surface area contributed by atoms with Crippen molar-refractivity contribution in [2.75, 3.05) is 6.61 Å². The van der Waals surface area contributed by atoms with Crippen LogP contribution in [0.3, 0.4) is 0 Å². The van der Waals surface area contributed by atoms with Gasteiger partial charge in [0.1, 0.15) is 12.4 Å². The van der Waals surface area contributed by atoms with Crippen LogP contribution in [0.4, 0.5) is 5.69 Å². The lowest BCUT2D eigenvalue weighted by atomic mass is 10.3. The van der Waals surface area contributed by atoms with Crippen LogP contribution in [-0.2, 0) is 6.54 Å². The molecule has 0 aliphatic heterocycles. The van der Waals surface area contributed by atoms with E-state index < -0.39 is 0 Å². The lowest BCUT2D eigenvalue weighted by molar-refractivity contribution is 0.290. The summed E-state index contributed by atoms with van der Waals surface area (Å²) in [7, 11) is 0. The van der Waals surface area contributed by atoms with Gasteiger partial charge in [0.25, 0.3) is 0 Å². The molecule has 0 saturated carbocycles. The molecular weight excluding hydrogens is 232 g/mol. The van der Waals surface area contributed by atoms with E-state index >= 15 is 0 Å². The summed E-state index contributed by atoms with van der Waals surface area (Å²) in [6.07, 6.45) is 3.41. The average molecular weight is 246 g/mol. The molecule has 2 rings (SSSR count). The number of ether oxygens (including phenoxy) is 1. The highest BCUT2D eigenvalue weighted by atomic mass is 16.5. The summed E-state index contributed by atoms with van der Waals surface area (Å²) in [5, 5.41) is 7.54. The van der Waals surface area contributed by atoms with Gasteiger partial charge in [0, 0.05) is 6.20 Å². The summed E-state index contributed by atoms with van der Waals surface area (Å²) in [4.78, 5) is 3.92. The van der Waals surface area contributed by atoms with Crippen LogP contribution in [0.15, 0.2) is 41.7 Å². The van der Waals surface area contributed by atoms with E-state index in [1.165, 1.54) is 0 Å². The number of nitrogens with two attached hydrogens (primary N) is 2. The molecule has 7 heteroatoms. The van der Waals surface area contributed by atoms with Gasteiger partial charge in [-0.3, -0.25) is 0 Å². The number of aliphatic imine (C=N–C) groups is 1. The Hall–Kier alpha value is -2.57. The Morgan fingerprint density at radius 1 is 1.28 bits per heavy atom. The van der Waals surface area contributed by atoms with Crippen molar-refractivity contribution in [2.45, 2.75) is 6.54 Å². The van der Waals surface area contributed by atoms with Gasteiger partial charge in [-0.05, 0) is 24.3 Å². The van der Waals surface area contributed by atoms with E-state index in [-0.39, 0.29) is 5.96 Å². The van der Waals surface area contributed by atoms with Crippen LogP contribution in [0.1, 0.15) is 0 Å². The van der Waals surface area contributed by atoms with Crippen LogP contribution in [0.2, 0.25) is 0 Å². The largest absolute Gasteiger partial charge is 0.492 e. The van der Waals surface area contributed by atoms with Crippen molar-refractivity contribution < 1.29 is 4.74 Å². The molecule has 0 aliphatic carbocycles. The zero-order chi connectivity index (χ0) is 12.8. The van der Waals surface area contributed by atoms with E-state index in [0.717, 1.165) is 5.75 Å². The van der Waals surface area contributed by atoms with Gasteiger partial charge in [-0.15, -0.1) is 5.10 Å². The van der Waals surface area contributed by atoms with Gasteiger partial charge in [0.05, 0.1) is 18.4 Å². The van der Waals surface area contributed by atoms with Gasteiger partial charge < -0.3 is 16.2 Å². The Balaban J connectivity index is 1.85. The van der Waals surface area contributed by atoms with Crippen molar-refractivity contribution in [1.29, 1.82) is 0 Å². The highest BCUT2D eigenvalue weighted by Gasteiger charge is 1.96. The molecule has 0 saturated heterocycles. The molecule has 2 aromatic rings. The maximum atomic E-state index is 5.54. The summed E-state index contributed by atoms with van der Waals surface area (Å²) in [5.74, 6) is 0.791. The molecule has 0 spiro atoms. The van der Waals surface area contributed by atoms with Crippen LogP contribution in [0, 0.1) is 0 Å². The van der Waals surface area contributed by atoms with Crippen LogP contribution < -0.4 is 16.2 Å². The molecule has 18 heavy (non-hydrogen) atoms. The minimum Gasteiger partial charge on any atom is -0.492 e. The lowest BCUT2D eigenvalue weighted by Crippen LogP contribution is -2.21. The Morgan fingerprint density at radius 2 is 2.06 bits per heavy atom. The van der Waals surface area contributed by atoms with E-state index in [9.17, 15) is 0 Å². The Bertz CT molecular complexity index is 501. The Labute approximate surface area is 104 Å². The number of hydrogen-bond acceptors (Lipinski definition) is 4. The normalized spacial score (nSPS) is 10.0. The molecule has 0 radical (unpaired) electrons. The maximum absolute atomic E-state index is 5.54. The summed E-state index contributed by atoms with van der Waals surface area (Å²) in [6.45, 7) is 1.17. The third-order valence-corrected chi connectivity index (χ3v) is 2.16. The second-order valence-electron chi connectivity index (χ2n) is 3.55. The molecule has 0 amide bonds. The first-order chi connectivity index (χ1) is 8.74. The minimum absolute atomic E-state index is 0.0369. The molecule has 94 valence electrons. The van der Waals surface area contributed by atoms with E-state index in [0.29, 0.717) is 18.8 Å². The first kappa shape index (κ1) is 11.9. The summed E-state index contributed by atoms with van der Waals surface area (Å²) < 4.78 is 7.24. The summed E-state index contributed by atoms with van der Waals surface area (Å²) in [5.41, 5.74) is 11.2. The molecule has 0 atom stereocenters. The molecular formula is C11H14N6O. The summed E-state index contributed by atoms with van der Waals surface area (Å²) >= 11 is 0. The van der Waals surface area contributed by atoms with Crippen molar-refractivity contribution in [3.05, 3.63) is 36.7 Å². The number of rotatable bonds is 5. The third-order valence-electron chi connectivity index (χ3n) is 2.16. The predicted octanol–water partition coefficient (Wildman–Crippen LogP) is 0.262. The van der Waals surface area contributed by atoms with Crippen LogP contribution in [-0.4, -0.2) is 27.6 Å². The first-order valence-electron chi connectivity index (χ1n) is 5.40. The second-order valence-corrected chi connectivity index (χ2v) is 3.55. The molecule has 1 aromatic carbocycles. The fourth-order valence-corrected chi connectivity index (χ4v) is 1.37. The number of nitrogens with zero attached hydrogens (tertiary/aromatic N) is 4. The SMILES string of the molecule is NC(N)=Nc1ccc(OCCn2ccnn2)cc1. The molecule has 0 unspecified atom stereocenters. The number of hydrogen-bond donors (Lipinski definition) is 2. The van der Waals surface area contributed by atoms with E-state index in [4.69, 9.17) is 16.2 Å². The third kappa shape index (κ3) is 3.48. The van der Waals surface area contributed by atoms with Crippen LogP contribution in [0.25, 0.3) is 0 Å². The fourth-order valence-electron chi connectivity index (χ4n) is 1.37. The quantitative estimate of drug-likeness (QED) is 0.581. The van der Waals surface area contributed by atoms with Crippen molar-refractivity contribution in [3.63, 3.8) is 0 Å². The molecule has 0 fully saturated rings. The average Bonchev–Trinajstić information content (AvgIpc) is 2.84. The fraction of sp³-hybridized carbons (Fsp3) is 0.182. The van der Waals surface area contributed by atoms with Crippen LogP contribution in [0.5, 0.6) is 5.75 Å². The zero-order valence-electron chi connectivity index (χ0n) is 9.73. The van der Waals surface area contributed by atoms with Crippen molar-refractivity contribution in [3.8, 4) is 5.75 Å². The van der Waals surface area contributed by atoms with Gasteiger partial charge in [-0.2, -0.15) is 0 Å². The first-order valence-corrected chi connectivity index (χ1v) is 5.40. The maximum Gasteiger partial charge on any atom is 0.191 e. The van der Waals surface area contributed by atoms with E-state index in [2.05, 4.69) is 15.3 Å². The number of benzene rings is 1. The number of aromatic nitrogens is 3. The van der Waals surface area contributed by atoms with Crippen molar-refractivity contribution >= 4 is 11.6 Å². The highest BCUT2D eigenvalue weighted by Crippen LogP contribution is 2.17. The monoisotopic (exact) mass is 246 g/mol. The molecule has 7 nitrogen and oxygen atoms in total. The molecule has 1 heterocycles. The zero-order valence-corrected chi connectivity index (χ0v) is 9.73. The predicted molar refractivity (Wildman–Crippen MR) is 67.4 cm³/mol. The van der Waals surface area contributed by atoms with E-state index in [1.54, 1.807) is 29.2 Å². The smallest absolute Gasteiger partial charge is 0.191 e. The van der Waals surface area contributed by atoms with Gasteiger partial charge >= 0.3 is 0 Å².